The minimum Gasteiger partial charge on any atom is -0.268 e. The molecule has 0 amide bonds. The average Bonchev–Trinajstić information content (AvgIpc) is 2.97. The first-order valence-corrected chi connectivity index (χ1v) is 7.62. The molecule has 0 unspecified atom stereocenters. The van der Waals surface area contributed by atoms with Gasteiger partial charge in [-0.15, -0.1) is 0 Å². The van der Waals surface area contributed by atoms with Gasteiger partial charge in [0, 0.05) is 5.56 Å². The lowest BCUT2D eigenvalue weighted by Gasteiger charge is -2.08. The zero-order chi connectivity index (χ0) is 16.0. The number of hydrogen-bond acceptors (Lipinski definition) is 2. The zero-order valence-electron chi connectivity index (χ0n) is 13.1. The number of aromatic nitrogens is 2. The van der Waals surface area contributed by atoms with E-state index in [0.717, 1.165) is 27.4 Å². The molecule has 3 heteroatoms. The van der Waals surface area contributed by atoms with Crippen LogP contribution >= 0.6 is 0 Å². The molecule has 0 aliphatic rings. The highest BCUT2D eigenvalue weighted by Crippen LogP contribution is 2.23. The molecule has 1 aromatic heterocycles. The normalized spacial score (nSPS) is 11.2. The topological polar surface area (TPSA) is 34.9 Å². The lowest BCUT2D eigenvalue weighted by molar-refractivity contribution is 0.0966. The SMILES string of the molecule is Cc1cc2ncn(C(=O)c3cccc4ccccc34)c2cc1C. The summed E-state index contributed by atoms with van der Waals surface area (Å²) in [7, 11) is 0. The van der Waals surface area contributed by atoms with E-state index in [1.54, 1.807) is 10.9 Å². The van der Waals surface area contributed by atoms with E-state index in [0.29, 0.717) is 5.56 Å². The Kier molecular flexibility index (Phi) is 3.01. The third-order valence-corrected chi connectivity index (χ3v) is 4.40. The highest BCUT2D eigenvalue weighted by Gasteiger charge is 2.15. The van der Waals surface area contributed by atoms with Crippen LogP contribution in [0, 0.1) is 13.8 Å². The van der Waals surface area contributed by atoms with E-state index in [-0.39, 0.29) is 5.91 Å². The van der Waals surface area contributed by atoms with Crippen LogP contribution in [0.15, 0.2) is 60.9 Å². The Morgan fingerprint density at radius 2 is 1.70 bits per heavy atom. The van der Waals surface area contributed by atoms with E-state index in [4.69, 9.17) is 0 Å². The quantitative estimate of drug-likeness (QED) is 0.519. The van der Waals surface area contributed by atoms with Crippen LogP contribution in [0.4, 0.5) is 0 Å². The summed E-state index contributed by atoms with van der Waals surface area (Å²) in [6.07, 6.45) is 1.62. The van der Waals surface area contributed by atoms with Crippen LogP contribution in [0.3, 0.4) is 0 Å². The monoisotopic (exact) mass is 300 g/mol. The number of benzene rings is 3. The summed E-state index contributed by atoms with van der Waals surface area (Å²) in [6, 6.07) is 17.8. The van der Waals surface area contributed by atoms with Gasteiger partial charge in [-0.05, 0) is 53.9 Å². The van der Waals surface area contributed by atoms with Crippen LogP contribution in [0.1, 0.15) is 21.5 Å². The van der Waals surface area contributed by atoms with E-state index in [1.807, 2.05) is 54.6 Å². The molecule has 3 aromatic carbocycles. The summed E-state index contributed by atoms with van der Waals surface area (Å²) in [6.45, 7) is 4.11. The highest BCUT2D eigenvalue weighted by molar-refractivity contribution is 6.10. The van der Waals surface area contributed by atoms with E-state index < -0.39 is 0 Å². The van der Waals surface area contributed by atoms with Crippen molar-refractivity contribution >= 4 is 27.7 Å². The van der Waals surface area contributed by atoms with Crippen molar-refractivity contribution in [2.24, 2.45) is 0 Å². The van der Waals surface area contributed by atoms with Crippen molar-refractivity contribution in [3.8, 4) is 0 Å². The fraction of sp³-hybridized carbons (Fsp3) is 0.100. The number of carbonyl (C=O) groups is 1. The first kappa shape index (κ1) is 13.7. The highest BCUT2D eigenvalue weighted by atomic mass is 16.2. The molecule has 0 atom stereocenters. The summed E-state index contributed by atoms with van der Waals surface area (Å²) in [5.41, 5.74) is 4.73. The Balaban J connectivity index is 1.94. The molecule has 112 valence electrons. The van der Waals surface area contributed by atoms with Gasteiger partial charge < -0.3 is 0 Å². The molecule has 4 aromatic rings. The van der Waals surface area contributed by atoms with Gasteiger partial charge in [0.1, 0.15) is 6.33 Å². The van der Waals surface area contributed by atoms with Crippen molar-refractivity contribution in [2.45, 2.75) is 13.8 Å². The van der Waals surface area contributed by atoms with Crippen molar-refractivity contribution in [1.82, 2.24) is 9.55 Å². The maximum absolute atomic E-state index is 13.1. The molecule has 0 spiro atoms. The maximum atomic E-state index is 13.1. The Morgan fingerprint density at radius 1 is 0.957 bits per heavy atom. The van der Waals surface area contributed by atoms with Gasteiger partial charge in [0.15, 0.2) is 0 Å². The molecule has 0 bridgehead atoms. The van der Waals surface area contributed by atoms with Crippen LogP contribution < -0.4 is 0 Å². The molecule has 0 radical (unpaired) electrons. The predicted molar refractivity (Wildman–Crippen MR) is 92.9 cm³/mol. The zero-order valence-corrected chi connectivity index (χ0v) is 13.1. The summed E-state index contributed by atoms with van der Waals surface area (Å²) in [5.74, 6) is -0.0486. The van der Waals surface area contributed by atoms with Gasteiger partial charge >= 0.3 is 0 Å². The molecule has 23 heavy (non-hydrogen) atoms. The molecule has 0 N–H and O–H groups in total. The smallest absolute Gasteiger partial charge is 0.264 e. The second kappa shape index (κ2) is 5.06. The molecule has 3 nitrogen and oxygen atoms in total. The first-order valence-electron chi connectivity index (χ1n) is 7.62. The number of carbonyl (C=O) groups excluding carboxylic acids is 1. The maximum Gasteiger partial charge on any atom is 0.264 e. The standard InChI is InChI=1S/C20H16N2O/c1-13-10-18-19(11-14(13)2)22(12-21-18)20(23)17-9-5-7-15-6-3-4-8-16(15)17/h3-12H,1-2H3. The number of hydrogen-bond donors (Lipinski definition) is 0. The van der Waals surface area contributed by atoms with Crippen LogP contribution in [-0.4, -0.2) is 15.5 Å². The molecule has 4 rings (SSSR count). The number of fused-ring (bicyclic) bond motifs is 2. The molecule has 0 saturated carbocycles. The van der Waals surface area contributed by atoms with Crippen molar-refractivity contribution in [3.63, 3.8) is 0 Å². The van der Waals surface area contributed by atoms with Gasteiger partial charge in [0.25, 0.3) is 5.91 Å². The average molecular weight is 300 g/mol. The van der Waals surface area contributed by atoms with Crippen LogP contribution in [0.2, 0.25) is 0 Å². The molecule has 0 aliphatic heterocycles. The first-order chi connectivity index (χ1) is 11.1. The Labute approximate surface area is 134 Å². The van der Waals surface area contributed by atoms with Crippen LogP contribution in [-0.2, 0) is 0 Å². The Hall–Kier alpha value is -2.94. The summed E-state index contributed by atoms with van der Waals surface area (Å²) in [5, 5.41) is 2.03. The van der Waals surface area contributed by atoms with Crippen molar-refractivity contribution in [2.75, 3.05) is 0 Å². The number of rotatable bonds is 1. The fourth-order valence-corrected chi connectivity index (χ4v) is 2.97. The van der Waals surface area contributed by atoms with Gasteiger partial charge in [-0.1, -0.05) is 36.4 Å². The van der Waals surface area contributed by atoms with Gasteiger partial charge in [0.05, 0.1) is 11.0 Å². The van der Waals surface area contributed by atoms with Crippen LogP contribution in [0.25, 0.3) is 21.8 Å². The van der Waals surface area contributed by atoms with Gasteiger partial charge in [0.2, 0.25) is 0 Å². The van der Waals surface area contributed by atoms with Gasteiger partial charge in [-0.3, -0.25) is 9.36 Å². The van der Waals surface area contributed by atoms with Gasteiger partial charge in [-0.25, -0.2) is 4.98 Å². The second-order valence-corrected chi connectivity index (χ2v) is 5.87. The number of nitrogens with zero attached hydrogens (tertiary/aromatic N) is 2. The summed E-state index contributed by atoms with van der Waals surface area (Å²) >= 11 is 0. The molecule has 1 heterocycles. The number of imidazole rings is 1. The number of aryl methyl sites for hydroxylation is 2. The summed E-state index contributed by atoms with van der Waals surface area (Å²) < 4.78 is 1.64. The van der Waals surface area contributed by atoms with Gasteiger partial charge in [-0.2, -0.15) is 0 Å². The largest absolute Gasteiger partial charge is 0.268 e. The minimum absolute atomic E-state index is 0.0486. The lowest BCUT2D eigenvalue weighted by atomic mass is 10.0. The summed E-state index contributed by atoms with van der Waals surface area (Å²) in [4.78, 5) is 17.4. The minimum atomic E-state index is -0.0486. The van der Waals surface area contributed by atoms with Crippen LogP contribution in [0.5, 0.6) is 0 Å². The fourth-order valence-electron chi connectivity index (χ4n) is 2.97. The van der Waals surface area contributed by atoms with Crippen molar-refractivity contribution < 1.29 is 4.79 Å². The van der Waals surface area contributed by atoms with E-state index in [1.165, 1.54) is 5.56 Å². The van der Waals surface area contributed by atoms with Crippen molar-refractivity contribution in [3.05, 3.63) is 77.6 Å². The molecular weight excluding hydrogens is 284 g/mol. The predicted octanol–water partition coefficient (Wildman–Crippen LogP) is 4.49. The molecule has 0 aliphatic carbocycles. The van der Waals surface area contributed by atoms with Crippen molar-refractivity contribution in [1.29, 1.82) is 0 Å². The molecular formula is C20H16N2O. The Bertz CT molecular complexity index is 1050. The molecule has 0 saturated heterocycles. The van der Waals surface area contributed by atoms with E-state index in [2.05, 4.69) is 18.8 Å². The second-order valence-electron chi connectivity index (χ2n) is 5.87. The third kappa shape index (κ3) is 2.13. The Morgan fingerprint density at radius 3 is 2.57 bits per heavy atom. The lowest BCUT2D eigenvalue weighted by Crippen LogP contribution is -2.11. The van der Waals surface area contributed by atoms with E-state index >= 15 is 0 Å². The molecule has 0 fully saturated rings. The van der Waals surface area contributed by atoms with E-state index in [9.17, 15) is 4.79 Å². The third-order valence-electron chi connectivity index (χ3n) is 4.40.